The molecule has 0 atom stereocenters. The molecular weight excluding hydrogens is 196 g/mol. The van der Waals surface area contributed by atoms with E-state index in [1.54, 1.807) is 0 Å². The minimum atomic E-state index is 0.883. The van der Waals surface area contributed by atoms with E-state index in [4.69, 9.17) is 0 Å². The van der Waals surface area contributed by atoms with E-state index in [-0.39, 0.29) is 0 Å². The molecule has 1 aliphatic rings. The average molecular weight is 208 g/mol. The Labute approximate surface area is 94.9 Å². The van der Waals surface area contributed by atoms with Gasteiger partial charge in [0.15, 0.2) is 0 Å². The van der Waals surface area contributed by atoms with Gasteiger partial charge in [-0.05, 0) is 24.3 Å². The molecule has 2 heteroatoms. The standard InChI is InChI=1S/C14H12N2/c1-2-8-13(9-3-1)16-11-5-7-12-6-4-10-15-14(12)16/h1-10H,11H2. The summed E-state index contributed by atoms with van der Waals surface area (Å²) in [5.41, 5.74) is 2.37. The summed E-state index contributed by atoms with van der Waals surface area (Å²) in [5.74, 6) is 1.04. The Morgan fingerprint density at radius 3 is 2.75 bits per heavy atom. The summed E-state index contributed by atoms with van der Waals surface area (Å²) in [6, 6.07) is 14.4. The fraction of sp³-hybridized carbons (Fsp3) is 0.0714. The van der Waals surface area contributed by atoms with Crippen molar-refractivity contribution in [3.05, 3.63) is 60.3 Å². The first kappa shape index (κ1) is 9.16. The smallest absolute Gasteiger partial charge is 0.140 e. The lowest BCUT2D eigenvalue weighted by atomic mass is 10.1. The van der Waals surface area contributed by atoms with Gasteiger partial charge in [0.2, 0.25) is 0 Å². The molecule has 78 valence electrons. The second-order valence-corrected chi connectivity index (χ2v) is 3.76. The summed E-state index contributed by atoms with van der Waals surface area (Å²) in [7, 11) is 0. The molecule has 3 rings (SSSR count). The fourth-order valence-electron chi connectivity index (χ4n) is 1.97. The number of hydrogen-bond donors (Lipinski definition) is 0. The second kappa shape index (κ2) is 3.81. The van der Waals surface area contributed by atoms with Crippen LogP contribution in [0, 0.1) is 0 Å². The maximum Gasteiger partial charge on any atom is 0.140 e. The highest BCUT2D eigenvalue weighted by Crippen LogP contribution is 2.29. The zero-order chi connectivity index (χ0) is 10.8. The topological polar surface area (TPSA) is 16.1 Å². The van der Waals surface area contributed by atoms with Crippen LogP contribution < -0.4 is 4.90 Å². The third-order valence-electron chi connectivity index (χ3n) is 2.73. The van der Waals surface area contributed by atoms with Crippen LogP contribution in [0.4, 0.5) is 11.5 Å². The molecule has 0 bridgehead atoms. The number of hydrogen-bond acceptors (Lipinski definition) is 2. The Hall–Kier alpha value is -2.09. The Bertz CT molecular complexity index is 517. The van der Waals surface area contributed by atoms with E-state index in [1.807, 2.05) is 18.3 Å². The predicted molar refractivity (Wildman–Crippen MR) is 66.7 cm³/mol. The third-order valence-corrected chi connectivity index (χ3v) is 2.73. The van der Waals surface area contributed by atoms with Crippen LogP contribution in [0.25, 0.3) is 6.08 Å². The molecule has 1 aliphatic heterocycles. The first-order chi connectivity index (χ1) is 7.95. The summed E-state index contributed by atoms with van der Waals surface area (Å²) in [6.07, 6.45) is 6.13. The van der Waals surface area contributed by atoms with Crippen LogP contribution in [0.3, 0.4) is 0 Å². The molecule has 0 fully saturated rings. The molecule has 1 aromatic carbocycles. The zero-order valence-electron chi connectivity index (χ0n) is 8.88. The largest absolute Gasteiger partial charge is 0.322 e. The zero-order valence-corrected chi connectivity index (χ0v) is 8.88. The lowest BCUT2D eigenvalue weighted by Crippen LogP contribution is -2.21. The van der Waals surface area contributed by atoms with Crippen molar-refractivity contribution in [3.8, 4) is 0 Å². The maximum atomic E-state index is 4.45. The molecule has 0 saturated heterocycles. The van der Waals surface area contributed by atoms with Crippen molar-refractivity contribution < 1.29 is 0 Å². The summed E-state index contributed by atoms with van der Waals surface area (Å²) in [6.45, 7) is 0.883. The van der Waals surface area contributed by atoms with Gasteiger partial charge in [0.25, 0.3) is 0 Å². The number of pyridine rings is 1. The number of fused-ring (bicyclic) bond motifs is 1. The maximum absolute atomic E-state index is 4.45. The van der Waals surface area contributed by atoms with Crippen molar-refractivity contribution in [2.75, 3.05) is 11.4 Å². The number of aromatic nitrogens is 1. The van der Waals surface area contributed by atoms with Crippen molar-refractivity contribution in [3.63, 3.8) is 0 Å². The van der Waals surface area contributed by atoms with Crippen LogP contribution in [-0.2, 0) is 0 Å². The predicted octanol–water partition coefficient (Wildman–Crippen LogP) is 3.25. The Kier molecular flexibility index (Phi) is 2.18. The van der Waals surface area contributed by atoms with E-state index >= 15 is 0 Å². The summed E-state index contributed by atoms with van der Waals surface area (Å²) >= 11 is 0. The quantitative estimate of drug-likeness (QED) is 0.715. The van der Waals surface area contributed by atoms with Gasteiger partial charge in [-0.15, -0.1) is 0 Å². The normalized spacial score (nSPS) is 13.6. The average Bonchev–Trinajstić information content (AvgIpc) is 2.39. The number of anilines is 2. The van der Waals surface area contributed by atoms with Crippen molar-refractivity contribution in [1.29, 1.82) is 0 Å². The lowest BCUT2D eigenvalue weighted by molar-refractivity contribution is 1.03. The molecule has 0 unspecified atom stereocenters. The van der Waals surface area contributed by atoms with Gasteiger partial charge in [-0.3, -0.25) is 0 Å². The molecule has 2 nitrogen and oxygen atoms in total. The molecule has 1 aromatic heterocycles. The minimum Gasteiger partial charge on any atom is -0.322 e. The monoisotopic (exact) mass is 208 g/mol. The molecule has 0 aliphatic carbocycles. The molecule has 16 heavy (non-hydrogen) atoms. The second-order valence-electron chi connectivity index (χ2n) is 3.76. The highest BCUT2D eigenvalue weighted by molar-refractivity contribution is 5.74. The Morgan fingerprint density at radius 1 is 1.00 bits per heavy atom. The highest BCUT2D eigenvalue weighted by Gasteiger charge is 2.14. The molecular formula is C14H12N2. The number of para-hydroxylation sites is 1. The van der Waals surface area contributed by atoms with E-state index in [0.29, 0.717) is 0 Å². The van der Waals surface area contributed by atoms with Gasteiger partial charge >= 0.3 is 0 Å². The molecule has 0 spiro atoms. The van der Waals surface area contributed by atoms with Gasteiger partial charge in [0.1, 0.15) is 5.82 Å². The van der Waals surface area contributed by atoms with Crippen molar-refractivity contribution in [1.82, 2.24) is 4.98 Å². The van der Waals surface area contributed by atoms with Crippen LogP contribution in [0.1, 0.15) is 5.56 Å². The number of rotatable bonds is 1. The van der Waals surface area contributed by atoms with Crippen LogP contribution in [-0.4, -0.2) is 11.5 Å². The first-order valence-corrected chi connectivity index (χ1v) is 5.39. The first-order valence-electron chi connectivity index (χ1n) is 5.39. The van der Waals surface area contributed by atoms with Gasteiger partial charge in [0, 0.05) is 24.0 Å². The third kappa shape index (κ3) is 1.48. The highest BCUT2D eigenvalue weighted by atomic mass is 15.2. The van der Waals surface area contributed by atoms with Crippen molar-refractivity contribution in [2.45, 2.75) is 0 Å². The van der Waals surface area contributed by atoms with E-state index < -0.39 is 0 Å². The number of benzene rings is 1. The van der Waals surface area contributed by atoms with Crippen LogP contribution in [0.2, 0.25) is 0 Å². The lowest BCUT2D eigenvalue weighted by Gasteiger charge is -2.26. The Morgan fingerprint density at radius 2 is 1.88 bits per heavy atom. The van der Waals surface area contributed by atoms with Gasteiger partial charge < -0.3 is 4.90 Å². The van der Waals surface area contributed by atoms with Gasteiger partial charge in [-0.2, -0.15) is 0 Å². The van der Waals surface area contributed by atoms with Gasteiger partial charge in [-0.1, -0.05) is 30.4 Å². The SMILES string of the molecule is C1=Cc2cccnc2N(c2ccccc2)C1. The summed E-state index contributed by atoms with van der Waals surface area (Å²) in [4.78, 5) is 6.67. The van der Waals surface area contributed by atoms with Crippen LogP contribution in [0.15, 0.2) is 54.7 Å². The summed E-state index contributed by atoms with van der Waals surface area (Å²) < 4.78 is 0. The molecule has 2 aromatic rings. The van der Waals surface area contributed by atoms with Crippen LogP contribution in [0.5, 0.6) is 0 Å². The van der Waals surface area contributed by atoms with E-state index in [1.165, 1.54) is 11.3 Å². The van der Waals surface area contributed by atoms with Crippen LogP contribution >= 0.6 is 0 Å². The molecule has 2 heterocycles. The van der Waals surface area contributed by atoms with Gasteiger partial charge in [-0.25, -0.2) is 4.98 Å². The van der Waals surface area contributed by atoms with E-state index in [2.05, 4.69) is 52.4 Å². The van der Waals surface area contributed by atoms with Gasteiger partial charge in [0.05, 0.1) is 0 Å². The Balaban J connectivity index is 2.09. The number of nitrogens with zero attached hydrogens (tertiary/aromatic N) is 2. The molecule has 0 saturated carbocycles. The van der Waals surface area contributed by atoms with Crippen molar-refractivity contribution in [2.24, 2.45) is 0 Å². The molecule has 0 radical (unpaired) electrons. The van der Waals surface area contributed by atoms with E-state index in [0.717, 1.165) is 12.4 Å². The summed E-state index contributed by atoms with van der Waals surface area (Å²) in [5, 5.41) is 0. The fourth-order valence-corrected chi connectivity index (χ4v) is 1.97. The molecule has 0 amide bonds. The molecule has 0 N–H and O–H groups in total. The minimum absolute atomic E-state index is 0.883. The van der Waals surface area contributed by atoms with Crippen molar-refractivity contribution >= 4 is 17.6 Å². The van der Waals surface area contributed by atoms with E-state index in [9.17, 15) is 0 Å².